The first-order valence-corrected chi connectivity index (χ1v) is 9.04. The third-order valence-electron chi connectivity index (χ3n) is 4.50. The zero-order chi connectivity index (χ0) is 17.5. The van der Waals surface area contributed by atoms with Crippen molar-refractivity contribution in [2.45, 2.75) is 39.2 Å². The molecule has 0 aliphatic carbocycles. The number of rotatable bonds is 4. The van der Waals surface area contributed by atoms with Crippen molar-refractivity contribution >= 4 is 41.4 Å². The summed E-state index contributed by atoms with van der Waals surface area (Å²) in [5.41, 5.74) is 9.31. The van der Waals surface area contributed by atoms with Crippen LogP contribution < -0.4 is 16.0 Å². The van der Waals surface area contributed by atoms with Gasteiger partial charge in [0.25, 0.3) is 0 Å². The topological polar surface area (TPSA) is 66.5 Å². The average molecular weight is 465 g/mol. The zero-order valence-corrected chi connectivity index (χ0v) is 17.6. The summed E-state index contributed by atoms with van der Waals surface area (Å²) in [7, 11) is 0. The summed E-state index contributed by atoms with van der Waals surface area (Å²) < 4.78 is 0. The summed E-state index contributed by atoms with van der Waals surface area (Å²) >= 11 is 0. The molecule has 0 saturated carbocycles. The first-order chi connectivity index (χ1) is 12.2. The molecule has 1 aliphatic rings. The van der Waals surface area contributed by atoms with Gasteiger partial charge in [-0.3, -0.25) is 0 Å². The van der Waals surface area contributed by atoms with E-state index in [0.29, 0.717) is 12.5 Å². The van der Waals surface area contributed by atoms with Gasteiger partial charge in [0.1, 0.15) is 5.82 Å². The number of hydrogen-bond donors (Lipinski definition) is 2. The molecule has 1 aromatic carbocycles. The highest BCUT2D eigenvalue weighted by atomic mass is 127. The molecule has 1 saturated heterocycles. The van der Waals surface area contributed by atoms with Crippen LogP contribution in [-0.4, -0.2) is 24.0 Å². The quantitative estimate of drug-likeness (QED) is 0.401. The molecule has 2 aromatic rings. The number of anilines is 2. The number of aromatic nitrogens is 1. The van der Waals surface area contributed by atoms with Gasteiger partial charge in [0, 0.05) is 25.0 Å². The van der Waals surface area contributed by atoms with Gasteiger partial charge in [-0.15, -0.1) is 24.0 Å². The van der Waals surface area contributed by atoms with Gasteiger partial charge >= 0.3 is 0 Å². The molecule has 0 atom stereocenters. The van der Waals surface area contributed by atoms with Gasteiger partial charge < -0.3 is 16.0 Å². The molecule has 3 rings (SSSR count). The first kappa shape index (κ1) is 20.5. The van der Waals surface area contributed by atoms with Crippen LogP contribution in [-0.2, 0) is 6.54 Å². The fourth-order valence-corrected chi connectivity index (χ4v) is 3.03. The maximum atomic E-state index is 6.01. The van der Waals surface area contributed by atoms with Gasteiger partial charge in [0.15, 0.2) is 5.96 Å². The fraction of sp³-hybridized carbons (Fsp3) is 0.400. The number of nitrogens with one attached hydrogen (secondary N) is 1. The van der Waals surface area contributed by atoms with E-state index < -0.39 is 0 Å². The van der Waals surface area contributed by atoms with E-state index in [2.05, 4.69) is 33.2 Å². The normalized spacial score (nSPS) is 15.1. The van der Waals surface area contributed by atoms with Crippen molar-refractivity contribution in [2.75, 3.05) is 23.3 Å². The predicted octanol–water partition coefficient (Wildman–Crippen LogP) is 4.32. The number of aryl methyl sites for hydroxylation is 1. The van der Waals surface area contributed by atoms with Gasteiger partial charge in [-0.25, -0.2) is 9.98 Å². The third kappa shape index (κ3) is 6.16. The van der Waals surface area contributed by atoms with Crippen LogP contribution in [0.1, 0.15) is 36.8 Å². The second kappa shape index (κ2) is 10.4. The summed E-state index contributed by atoms with van der Waals surface area (Å²) in [6.45, 7) is 4.80. The molecule has 1 aliphatic heterocycles. The second-order valence-corrected chi connectivity index (χ2v) is 6.62. The second-order valence-electron chi connectivity index (χ2n) is 6.62. The SMILES string of the molecule is Cc1ccc(NC(N)=NCc2ccnc(N3CCCCCC3)c2)cc1.I. The highest BCUT2D eigenvalue weighted by Crippen LogP contribution is 2.18. The Labute approximate surface area is 173 Å². The average Bonchev–Trinajstić information content (AvgIpc) is 2.92. The van der Waals surface area contributed by atoms with Crippen molar-refractivity contribution in [3.8, 4) is 0 Å². The molecular weight excluding hydrogens is 437 g/mol. The van der Waals surface area contributed by atoms with E-state index in [0.717, 1.165) is 30.2 Å². The number of guanidine groups is 1. The fourth-order valence-electron chi connectivity index (χ4n) is 3.03. The van der Waals surface area contributed by atoms with E-state index in [1.807, 2.05) is 36.5 Å². The van der Waals surface area contributed by atoms with Crippen LogP contribution in [0.15, 0.2) is 47.6 Å². The molecule has 1 aromatic heterocycles. The molecule has 3 N–H and O–H groups in total. The Kier molecular flexibility index (Phi) is 8.15. The Morgan fingerprint density at radius 2 is 1.81 bits per heavy atom. The Balaban J connectivity index is 0.00000243. The van der Waals surface area contributed by atoms with Gasteiger partial charge in [-0.2, -0.15) is 0 Å². The maximum absolute atomic E-state index is 6.01. The van der Waals surface area contributed by atoms with E-state index in [-0.39, 0.29) is 24.0 Å². The summed E-state index contributed by atoms with van der Waals surface area (Å²) in [5.74, 6) is 1.48. The summed E-state index contributed by atoms with van der Waals surface area (Å²) in [4.78, 5) is 11.4. The lowest BCUT2D eigenvalue weighted by Gasteiger charge is -2.21. The number of aliphatic imine (C=N–C) groups is 1. The molecule has 0 radical (unpaired) electrons. The molecule has 0 unspecified atom stereocenters. The van der Waals surface area contributed by atoms with Gasteiger partial charge in [-0.05, 0) is 49.6 Å². The molecule has 6 heteroatoms. The summed E-state index contributed by atoms with van der Waals surface area (Å²) in [6.07, 6.45) is 7.01. The number of halogens is 1. The first-order valence-electron chi connectivity index (χ1n) is 9.04. The molecule has 2 heterocycles. The minimum Gasteiger partial charge on any atom is -0.370 e. The summed E-state index contributed by atoms with van der Waals surface area (Å²) in [6, 6.07) is 12.2. The van der Waals surface area contributed by atoms with Crippen LogP contribution in [0, 0.1) is 6.92 Å². The molecule has 1 fully saturated rings. The molecule has 5 nitrogen and oxygen atoms in total. The number of hydrogen-bond acceptors (Lipinski definition) is 3. The van der Waals surface area contributed by atoms with Gasteiger partial charge in [-0.1, -0.05) is 30.5 Å². The van der Waals surface area contributed by atoms with E-state index in [1.165, 1.54) is 31.2 Å². The lowest BCUT2D eigenvalue weighted by molar-refractivity contribution is 0.726. The minimum absolute atomic E-state index is 0. The largest absolute Gasteiger partial charge is 0.370 e. The van der Waals surface area contributed by atoms with Crippen molar-refractivity contribution < 1.29 is 0 Å². The van der Waals surface area contributed by atoms with Gasteiger partial charge in [0.2, 0.25) is 0 Å². The van der Waals surface area contributed by atoms with E-state index in [9.17, 15) is 0 Å². The summed E-state index contributed by atoms with van der Waals surface area (Å²) in [5, 5.41) is 3.13. The standard InChI is InChI=1S/C20H27N5.HI/c1-16-6-8-18(9-7-16)24-20(21)23-15-17-10-11-22-19(14-17)25-12-4-2-3-5-13-25;/h6-11,14H,2-5,12-13,15H2,1H3,(H3,21,23,24);1H. The van der Waals surface area contributed by atoms with E-state index in [1.54, 1.807) is 0 Å². The van der Waals surface area contributed by atoms with Crippen LogP contribution in [0.25, 0.3) is 0 Å². The lowest BCUT2D eigenvalue weighted by Crippen LogP contribution is -2.25. The molecule has 0 bridgehead atoms. The van der Waals surface area contributed by atoms with Crippen LogP contribution in [0.5, 0.6) is 0 Å². The Hall–Kier alpha value is -1.83. The number of benzene rings is 1. The van der Waals surface area contributed by atoms with Crippen molar-refractivity contribution in [3.63, 3.8) is 0 Å². The molecular formula is C20H28IN5. The third-order valence-corrected chi connectivity index (χ3v) is 4.50. The Bertz CT molecular complexity index is 706. The van der Waals surface area contributed by atoms with Crippen LogP contribution >= 0.6 is 24.0 Å². The van der Waals surface area contributed by atoms with Crippen molar-refractivity contribution in [2.24, 2.45) is 10.7 Å². The molecule has 0 spiro atoms. The maximum Gasteiger partial charge on any atom is 0.193 e. The number of nitrogens with two attached hydrogens (primary N) is 1. The molecule has 140 valence electrons. The number of pyridine rings is 1. The van der Waals surface area contributed by atoms with Crippen molar-refractivity contribution in [3.05, 3.63) is 53.7 Å². The predicted molar refractivity (Wildman–Crippen MR) is 120 cm³/mol. The van der Waals surface area contributed by atoms with E-state index >= 15 is 0 Å². The van der Waals surface area contributed by atoms with Crippen LogP contribution in [0.2, 0.25) is 0 Å². The molecule has 0 amide bonds. The van der Waals surface area contributed by atoms with Crippen LogP contribution in [0.4, 0.5) is 11.5 Å². The van der Waals surface area contributed by atoms with Crippen molar-refractivity contribution in [1.82, 2.24) is 4.98 Å². The minimum atomic E-state index is 0. The van der Waals surface area contributed by atoms with Crippen LogP contribution in [0.3, 0.4) is 0 Å². The highest BCUT2D eigenvalue weighted by Gasteiger charge is 2.11. The molecule has 26 heavy (non-hydrogen) atoms. The smallest absolute Gasteiger partial charge is 0.193 e. The monoisotopic (exact) mass is 465 g/mol. The lowest BCUT2D eigenvalue weighted by atomic mass is 10.2. The Morgan fingerprint density at radius 3 is 2.50 bits per heavy atom. The van der Waals surface area contributed by atoms with Crippen molar-refractivity contribution in [1.29, 1.82) is 0 Å². The van der Waals surface area contributed by atoms with E-state index in [4.69, 9.17) is 5.73 Å². The number of nitrogens with zero attached hydrogens (tertiary/aromatic N) is 3. The zero-order valence-electron chi connectivity index (χ0n) is 15.3. The van der Waals surface area contributed by atoms with Gasteiger partial charge in [0.05, 0.1) is 6.54 Å². The Morgan fingerprint density at radius 1 is 1.12 bits per heavy atom. The highest BCUT2D eigenvalue weighted by molar-refractivity contribution is 14.0.